The van der Waals surface area contributed by atoms with Crippen molar-refractivity contribution in [2.24, 2.45) is 0 Å². The van der Waals surface area contributed by atoms with Gasteiger partial charge >= 0.3 is 6.09 Å². The molecule has 1 aliphatic heterocycles. The van der Waals surface area contributed by atoms with E-state index in [0.717, 1.165) is 5.56 Å². The molecule has 2 aromatic heterocycles. The molecular formula is C21H22ClN7O4. The fourth-order valence-electron chi connectivity index (χ4n) is 3.56. The summed E-state index contributed by atoms with van der Waals surface area (Å²) in [7, 11) is 3.11. The SMILES string of the molecule is COCOc1cc(-c2cc(Cl)ncn2)ccc1-c1cnc(N2CCC(N(C)C(=O)O)C2)nn1. The minimum atomic E-state index is -0.951. The van der Waals surface area contributed by atoms with Crippen molar-refractivity contribution in [2.45, 2.75) is 12.5 Å². The lowest BCUT2D eigenvalue weighted by Crippen LogP contribution is -2.38. The molecule has 1 aliphatic rings. The number of hydrogen-bond donors (Lipinski definition) is 1. The molecule has 1 atom stereocenters. The first-order valence-electron chi connectivity index (χ1n) is 10.1. The molecule has 1 N–H and O–H groups in total. The lowest BCUT2D eigenvalue weighted by atomic mass is 10.1. The second-order valence-electron chi connectivity index (χ2n) is 7.41. The van der Waals surface area contributed by atoms with Crippen LogP contribution in [0.3, 0.4) is 0 Å². The Hall–Kier alpha value is -3.57. The van der Waals surface area contributed by atoms with Crippen LogP contribution in [0.25, 0.3) is 22.5 Å². The molecule has 1 aromatic carbocycles. The van der Waals surface area contributed by atoms with Gasteiger partial charge in [-0.1, -0.05) is 17.7 Å². The monoisotopic (exact) mass is 471 g/mol. The number of carboxylic acid groups (broad SMARTS) is 1. The van der Waals surface area contributed by atoms with Crippen molar-refractivity contribution in [1.29, 1.82) is 0 Å². The van der Waals surface area contributed by atoms with Crippen molar-refractivity contribution in [3.05, 3.63) is 41.9 Å². The number of anilines is 1. The van der Waals surface area contributed by atoms with E-state index in [2.05, 4.69) is 25.1 Å². The second-order valence-corrected chi connectivity index (χ2v) is 7.80. The third kappa shape index (κ3) is 5.10. The van der Waals surface area contributed by atoms with Gasteiger partial charge in [-0.15, -0.1) is 10.2 Å². The first kappa shape index (κ1) is 22.6. The third-order valence-electron chi connectivity index (χ3n) is 5.36. The predicted octanol–water partition coefficient (Wildman–Crippen LogP) is 2.82. The molecule has 0 spiro atoms. The van der Waals surface area contributed by atoms with E-state index in [0.29, 0.717) is 53.3 Å². The molecule has 12 heteroatoms. The predicted molar refractivity (Wildman–Crippen MR) is 120 cm³/mol. The molecule has 4 rings (SSSR count). The lowest BCUT2D eigenvalue weighted by Gasteiger charge is -2.21. The Bertz CT molecular complexity index is 1130. The lowest BCUT2D eigenvalue weighted by molar-refractivity contribution is 0.0515. The number of likely N-dealkylation sites (N-methyl/N-ethyl adjacent to an activating group) is 1. The number of benzene rings is 1. The van der Waals surface area contributed by atoms with Crippen LogP contribution in [0.4, 0.5) is 10.7 Å². The fraction of sp³-hybridized carbons (Fsp3) is 0.333. The third-order valence-corrected chi connectivity index (χ3v) is 5.57. The van der Waals surface area contributed by atoms with Crippen LogP contribution in [0.5, 0.6) is 5.75 Å². The number of nitrogens with zero attached hydrogens (tertiary/aromatic N) is 7. The molecule has 1 unspecified atom stereocenters. The van der Waals surface area contributed by atoms with Gasteiger partial charge in [-0.2, -0.15) is 0 Å². The highest BCUT2D eigenvalue weighted by molar-refractivity contribution is 6.29. The number of methoxy groups -OCH3 is 1. The van der Waals surface area contributed by atoms with E-state index in [1.807, 2.05) is 23.1 Å². The molecule has 0 bridgehead atoms. The molecular weight excluding hydrogens is 450 g/mol. The van der Waals surface area contributed by atoms with E-state index in [4.69, 9.17) is 21.1 Å². The van der Waals surface area contributed by atoms with Gasteiger partial charge in [0.2, 0.25) is 5.95 Å². The van der Waals surface area contributed by atoms with Crippen LogP contribution in [0.2, 0.25) is 5.15 Å². The fourth-order valence-corrected chi connectivity index (χ4v) is 3.71. The number of hydrogen-bond acceptors (Lipinski definition) is 9. The summed E-state index contributed by atoms with van der Waals surface area (Å²) in [6.45, 7) is 1.22. The van der Waals surface area contributed by atoms with Gasteiger partial charge < -0.3 is 24.4 Å². The van der Waals surface area contributed by atoms with Gasteiger partial charge in [0.15, 0.2) is 6.79 Å². The zero-order valence-corrected chi connectivity index (χ0v) is 18.8. The molecule has 1 amide bonds. The van der Waals surface area contributed by atoms with Gasteiger partial charge in [0.25, 0.3) is 0 Å². The quantitative estimate of drug-likeness (QED) is 0.405. The van der Waals surface area contributed by atoms with Gasteiger partial charge in [-0.05, 0) is 18.6 Å². The molecule has 0 aliphatic carbocycles. The Morgan fingerprint density at radius 3 is 2.79 bits per heavy atom. The molecule has 0 radical (unpaired) electrons. The number of rotatable bonds is 7. The molecule has 3 heterocycles. The molecule has 11 nitrogen and oxygen atoms in total. The summed E-state index contributed by atoms with van der Waals surface area (Å²) >= 11 is 5.99. The van der Waals surface area contributed by atoms with Crippen molar-refractivity contribution in [3.8, 4) is 28.3 Å². The van der Waals surface area contributed by atoms with Crippen LogP contribution in [0, 0.1) is 0 Å². The standard InChI is InChI=1S/C21H22ClN7O4/c1-28(21(30)31)14-5-6-29(10-14)20-23-9-17(26-27-20)15-4-3-13(7-18(15)33-12-32-2)16-8-19(22)25-11-24-16/h3-4,7-9,11,14H,5-6,10,12H2,1-2H3,(H,30,31). The zero-order valence-electron chi connectivity index (χ0n) is 18.1. The normalized spacial score (nSPS) is 15.5. The maximum atomic E-state index is 11.2. The minimum absolute atomic E-state index is 0.0478. The number of halogens is 1. The van der Waals surface area contributed by atoms with Crippen LogP contribution in [-0.2, 0) is 4.74 Å². The van der Waals surface area contributed by atoms with E-state index in [1.54, 1.807) is 19.3 Å². The van der Waals surface area contributed by atoms with E-state index in [1.165, 1.54) is 18.3 Å². The summed E-state index contributed by atoms with van der Waals surface area (Å²) in [5.74, 6) is 0.976. The van der Waals surface area contributed by atoms with Crippen LogP contribution >= 0.6 is 11.6 Å². The average Bonchev–Trinajstić information content (AvgIpc) is 3.32. The summed E-state index contributed by atoms with van der Waals surface area (Å²) in [4.78, 5) is 27.0. The number of aromatic nitrogens is 5. The Labute approximate surface area is 195 Å². The number of ether oxygens (including phenoxy) is 2. The maximum absolute atomic E-state index is 11.2. The van der Waals surface area contributed by atoms with E-state index >= 15 is 0 Å². The molecule has 3 aromatic rings. The summed E-state index contributed by atoms with van der Waals surface area (Å²) in [6.07, 6.45) is 2.77. The largest absolute Gasteiger partial charge is 0.467 e. The Balaban J connectivity index is 1.57. The highest BCUT2D eigenvalue weighted by atomic mass is 35.5. The van der Waals surface area contributed by atoms with Crippen LogP contribution in [0.15, 0.2) is 36.8 Å². The van der Waals surface area contributed by atoms with Crippen molar-refractivity contribution in [1.82, 2.24) is 30.0 Å². The Morgan fingerprint density at radius 1 is 1.24 bits per heavy atom. The van der Waals surface area contributed by atoms with Crippen molar-refractivity contribution in [3.63, 3.8) is 0 Å². The van der Waals surface area contributed by atoms with Gasteiger partial charge in [0.05, 0.1) is 17.9 Å². The first-order chi connectivity index (χ1) is 16.0. The molecule has 0 saturated carbocycles. The Kier molecular flexibility index (Phi) is 6.80. The van der Waals surface area contributed by atoms with Crippen molar-refractivity contribution < 1.29 is 19.4 Å². The second kappa shape index (κ2) is 9.92. The van der Waals surface area contributed by atoms with E-state index in [-0.39, 0.29) is 12.8 Å². The van der Waals surface area contributed by atoms with E-state index < -0.39 is 6.09 Å². The summed E-state index contributed by atoms with van der Waals surface area (Å²) in [6, 6.07) is 7.08. The zero-order chi connectivity index (χ0) is 23.4. The highest BCUT2D eigenvalue weighted by Gasteiger charge is 2.29. The summed E-state index contributed by atoms with van der Waals surface area (Å²) < 4.78 is 10.8. The van der Waals surface area contributed by atoms with Crippen LogP contribution in [0.1, 0.15) is 6.42 Å². The Morgan fingerprint density at radius 2 is 2.09 bits per heavy atom. The molecule has 33 heavy (non-hydrogen) atoms. The minimum Gasteiger partial charge on any atom is -0.467 e. The molecule has 1 saturated heterocycles. The highest BCUT2D eigenvalue weighted by Crippen LogP contribution is 2.33. The van der Waals surface area contributed by atoms with E-state index in [9.17, 15) is 9.90 Å². The van der Waals surface area contributed by atoms with Crippen LogP contribution in [-0.4, -0.2) is 81.3 Å². The van der Waals surface area contributed by atoms with Gasteiger partial charge in [-0.25, -0.2) is 19.7 Å². The maximum Gasteiger partial charge on any atom is 0.407 e. The topological polar surface area (TPSA) is 127 Å². The summed E-state index contributed by atoms with van der Waals surface area (Å²) in [5, 5.41) is 18.1. The van der Waals surface area contributed by atoms with Gasteiger partial charge in [0, 0.05) is 44.4 Å². The molecule has 172 valence electrons. The number of carbonyl (C=O) groups is 1. The molecule has 1 fully saturated rings. The van der Waals surface area contributed by atoms with Gasteiger partial charge in [0.1, 0.15) is 22.9 Å². The number of amides is 1. The average molecular weight is 472 g/mol. The first-order valence-corrected chi connectivity index (χ1v) is 10.5. The van der Waals surface area contributed by atoms with Crippen molar-refractivity contribution in [2.75, 3.05) is 38.9 Å². The smallest absolute Gasteiger partial charge is 0.407 e. The van der Waals surface area contributed by atoms with Crippen LogP contribution < -0.4 is 9.64 Å². The summed E-state index contributed by atoms with van der Waals surface area (Å²) in [5.41, 5.74) is 2.65. The van der Waals surface area contributed by atoms with Gasteiger partial charge in [-0.3, -0.25) is 0 Å². The van der Waals surface area contributed by atoms with Crippen molar-refractivity contribution >= 4 is 23.6 Å².